The summed E-state index contributed by atoms with van der Waals surface area (Å²) in [5.41, 5.74) is 5.10. The van der Waals surface area contributed by atoms with E-state index in [-0.39, 0.29) is 5.71 Å². The van der Waals surface area contributed by atoms with E-state index in [1.165, 1.54) is 0 Å². The van der Waals surface area contributed by atoms with Gasteiger partial charge in [-0.2, -0.15) is 0 Å². The molecule has 2 N–H and O–H groups in total. The highest BCUT2D eigenvalue weighted by Crippen LogP contribution is 2.05. The van der Waals surface area contributed by atoms with Crippen molar-refractivity contribution in [2.45, 2.75) is 0 Å². The van der Waals surface area contributed by atoms with Crippen LogP contribution in [0.4, 0.5) is 0 Å². The summed E-state index contributed by atoms with van der Waals surface area (Å²) in [5, 5.41) is 3.37. The van der Waals surface area contributed by atoms with Crippen LogP contribution >= 0.6 is 21.1 Å². The van der Waals surface area contributed by atoms with Crippen molar-refractivity contribution < 1.29 is 7.96 Å². The number of amides is 1. The molecule has 4 nitrogen and oxygen atoms in total. The molecule has 1 rings (SSSR count). The third-order valence-corrected chi connectivity index (χ3v) is 1.84. The Morgan fingerprint density at radius 3 is 3.00 bits per heavy atom. The molecule has 1 amide bonds. The number of hydrogen-bond donors (Lipinski definition) is 1. The van der Waals surface area contributed by atoms with Crippen LogP contribution in [0.2, 0.25) is 0 Å². The zero-order valence-electron chi connectivity index (χ0n) is 3.80. The highest BCUT2D eigenvalue weighted by Gasteiger charge is 2.07. The van der Waals surface area contributed by atoms with E-state index >= 15 is 0 Å². The number of carbonyl (C=O) groups is 1. The maximum absolute atomic E-state index is 10.2. The number of rotatable bonds is 1. The summed E-state index contributed by atoms with van der Waals surface area (Å²) < 4.78 is 6.20. The maximum Gasteiger partial charge on any atom is 0.271 e. The molecular weight excluding hydrogens is 223 g/mol. The lowest BCUT2D eigenvalue weighted by atomic mass is 10.4. The van der Waals surface area contributed by atoms with E-state index in [1.54, 1.807) is 4.01 Å². The van der Waals surface area contributed by atoms with Gasteiger partial charge in [0.2, 0.25) is 0 Å². The Balaban J connectivity index is 2.72. The monoisotopic (exact) mass is 226 g/mol. The summed E-state index contributed by atoms with van der Waals surface area (Å²) in [7, 11) is 0. The fourth-order valence-corrected chi connectivity index (χ4v) is 1.34. The van der Waals surface area contributed by atoms with Crippen LogP contribution in [0.5, 0.6) is 0 Å². The van der Waals surface area contributed by atoms with Crippen LogP contribution in [-0.2, 0) is 7.96 Å². The number of hydrogen-bond acceptors (Lipinski definition) is 3. The van der Waals surface area contributed by atoms with Crippen LogP contribution < -0.4 is 5.73 Å². The first-order valence-corrected chi connectivity index (χ1v) is 3.94. The van der Waals surface area contributed by atoms with Crippen LogP contribution in [0.25, 0.3) is 0 Å². The second-order valence-corrected chi connectivity index (χ2v) is 2.63. The lowest BCUT2D eigenvalue weighted by molar-refractivity contribution is -0.111. The van der Waals surface area contributed by atoms with E-state index in [0.717, 1.165) is 0 Å². The zero-order chi connectivity index (χ0) is 5.98. The first-order chi connectivity index (χ1) is 3.80. The van der Waals surface area contributed by atoms with Gasteiger partial charge in [0.25, 0.3) is 5.91 Å². The molecule has 0 atom stereocenters. The summed E-state index contributed by atoms with van der Waals surface area (Å²) >= 11 is -0.461. The van der Waals surface area contributed by atoms with E-state index in [4.69, 9.17) is 5.73 Å². The van der Waals surface area contributed by atoms with Crippen molar-refractivity contribution in [3.63, 3.8) is 0 Å². The molecule has 0 saturated heterocycles. The van der Waals surface area contributed by atoms with Crippen molar-refractivity contribution in [2.75, 3.05) is 0 Å². The molecule has 0 fully saturated rings. The number of carbonyl (C=O) groups excluding carboxylic acids is 1. The number of nitrogens with zero attached hydrogens (tertiary/aromatic N) is 1. The molecular formula is C3H3IN2O2. The summed E-state index contributed by atoms with van der Waals surface area (Å²) in [6.45, 7) is 0. The van der Waals surface area contributed by atoms with Gasteiger partial charge in [-0.1, -0.05) is 5.16 Å². The van der Waals surface area contributed by atoms with Gasteiger partial charge >= 0.3 is 0 Å². The van der Waals surface area contributed by atoms with Crippen LogP contribution in [0, 0.1) is 0 Å². The van der Waals surface area contributed by atoms with Crippen molar-refractivity contribution in [3.05, 3.63) is 0 Å². The van der Waals surface area contributed by atoms with Crippen LogP contribution in [0.1, 0.15) is 0 Å². The summed E-state index contributed by atoms with van der Waals surface area (Å²) in [6, 6.07) is 0. The highest BCUT2D eigenvalue weighted by molar-refractivity contribution is 14.2. The number of oxime groups is 1. The van der Waals surface area contributed by atoms with Crippen LogP contribution in [-0.4, -0.2) is 15.6 Å². The lowest BCUT2D eigenvalue weighted by Gasteiger charge is -1.80. The second-order valence-electron chi connectivity index (χ2n) is 1.11. The highest BCUT2D eigenvalue weighted by atomic mass is 127. The maximum atomic E-state index is 10.2. The molecule has 0 radical (unpaired) electrons. The molecule has 0 aliphatic carbocycles. The predicted octanol–water partition coefficient (Wildman–Crippen LogP) is -0.454. The van der Waals surface area contributed by atoms with Crippen molar-refractivity contribution in [3.8, 4) is 0 Å². The van der Waals surface area contributed by atoms with E-state index < -0.39 is 27.1 Å². The average Bonchev–Trinajstić information content (AvgIpc) is 2.12. The SMILES string of the molecule is NC(=O)C1=NOI=C1. The van der Waals surface area contributed by atoms with Crippen molar-refractivity contribution >= 4 is 36.8 Å². The van der Waals surface area contributed by atoms with Crippen LogP contribution in [0.15, 0.2) is 5.16 Å². The fraction of sp³-hybridized carbons (Fsp3) is 0. The smallest absolute Gasteiger partial charge is 0.271 e. The minimum atomic E-state index is -0.512. The van der Waals surface area contributed by atoms with Gasteiger partial charge in [-0.15, -0.1) is 0 Å². The van der Waals surface area contributed by atoms with E-state index in [9.17, 15) is 4.79 Å². The first-order valence-electron chi connectivity index (χ1n) is 1.81. The van der Waals surface area contributed by atoms with Crippen molar-refractivity contribution in [1.82, 2.24) is 0 Å². The van der Waals surface area contributed by atoms with Crippen molar-refractivity contribution in [1.29, 1.82) is 0 Å². The molecule has 5 heteroatoms. The first kappa shape index (κ1) is 5.67. The molecule has 0 spiro atoms. The third kappa shape index (κ3) is 1.03. The fourth-order valence-electron chi connectivity index (χ4n) is 0.238. The van der Waals surface area contributed by atoms with E-state index in [0.29, 0.717) is 0 Å². The summed E-state index contributed by atoms with van der Waals surface area (Å²) in [4.78, 5) is 10.2. The van der Waals surface area contributed by atoms with Gasteiger partial charge in [0.1, 0.15) is 0 Å². The van der Waals surface area contributed by atoms with Gasteiger partial charge in [-0.05, 0) is 0 Å². The minimum absolute atomic E-state index is 0.262. The molecule has 1 heterocycles. The molecule has 1 aliphatic heterocycles. The number of primary amides is 1. The predicted molar refractivity (Wildman–Crippen MR) is 37.8 cm³/mol. The van der Waals surface area contributed by atoms with Gasteiger partial charge in [0, 0.05) is 4.01 Å². The Labute approximate surface area is 56.0 Å². The van der Waals surface area contributed by atoms with E-state index in [1.807, 2.05) is 0 Å². The Kier molecular flexibility index (Phi) is 1.56. The topological polar surface area (TPSA) is 64.7 Å². The third-order valence-electron chi connectivity index (χ3n) is 0.573. The summed E-state index contributed by atoms with van der Waals surface area (Å²) in [5.74, 6) is -0.512. The second kappa shape index (κ2) is 2.21. The molecule has 1 aliphatic rings. The average molecular weight is 226 g/mol. The molecule has 0 saturated carbocycles. The standard InChI is InChI=1S/C3H3IN2O2/c5-3(7)2-1-4-8-6-2/h1H,(H2,5,7). The molecule has 0 unspecified atom stereocenters. The summed E-state index contributed by atoms with van der Waals surface area (Å²) in [6.07, 6.45) is 0. The van der Waals surface area contributed by atoms with Crippen LogP contribution in [0.3, 0.4) is 0 Å². The van der Waals surface area contributed by atoms with Crippen molar-refractivity contribution in [2.24, 2.45) is 10.9 Å². The Bertz CT molecular complexity index is 174. The van der Waals surface area contributed by atoms with E-state index in [2.05, 4.69) is 8.32 Å². The molecule has 0 aromatic heterocycles. The Morgan fingerprint density at radius 1 is 2.00 bits per heavy atom. The van der Waals surface area contributed by atoms with Gasteiger partial charge in [0.05, 0.1) is 0 Å². The Morgan fingerprint density at radius 2 is 2.75 bits per heavy atom. The van der Waals surface area contributed by atoms with Gasteiger partial charge in [-0.25, -0.2) is 0 Å². The Hall–Kier alpha value is -0.460. The molecule has 8 heavy (non-hydrogen) atoms. The molecule has 44 valence electrons. The quantitative estimate of drug-likeness (QED) is 0.615. The van der Waals surface area contributed by atoms with Gasteiger partial charge in [-0.3, -0.25) is 4.79 Å². The van der Waals surface area contributed by atoms with Gasteiger partial charge < -0.3 is 8.90 Å². The van der Waals surface area contributed by atoms with Gasteiger partial charge in [0.15, 0.2) is 26.9 Å². The molecule has 0 bridgehead atoms. The lowest BCUT2D eigenvalue weighted by Crippen LogP contribution is -2.22. The number of nitrogens with two attached hydrogens (primary N) is 1. The number of halogens is 1. The zero-order valence-corrected chi connectivity index (χ0v) is 5.95. The molecule has 0 aromatic carbocycles. The minimum Gasteiger partial charge on any atom is -0.364 e. The normalized spacial score (nSPS) is 16.2. The molecule has 0 aromatic rings. The largest absolute Gasteiger partial charge is 0.364 e.